The van der Waals surface area contributed by atoms with Crippen LogP contribution < -0.4 is 4.31 Å². The first-order chi connectivity index (χ1) is 15.0. The smallest absolute Gasteiger partial charge is 0.342 e. The summed E-state index contributed by atoms with van der Waals surface area (Å²) in [6.45, 7) is 1.23. The lowest BCUT2D eigenvalue weighted by Gasteiger charge is -2.20. The fourth-order valence-corrected chi connectivity index (χ4v) is 2.60. The van der Waals surface area contributed by atoms with E-state index in [1.807, 2.05) is 0 Å². The molecule has 9 heteroatoms. The predicted molar refractivity (Wildman–Crippen MR) is 101 cm³/mol. The van der Waals surface area contributed by atoms with E-state index in [0.717, 1.165) is 12.1 Å². The van der Waals surface area contributed by atoms with Gasteiger partial charge in [0.25, 0.3) is 0 Å². The van der Waals surface area contributed by atoms with Crippen molar-refractivity contribution in [2.24, 2.45) is 0 Å². The number of anilines is 1. The molecular weight excluding hydrogens is 373 g/mol. The topological polar surface area (TPSA) is 89.5 Å². The molecule has 1 aromatic heterocycles. The highest BCUT2D eigenvalue weighted by molar-refractivity contribution is 7.92. The van der Waals surface area contributed by atoms with Crippen molar-refractivity contribution in [1.82, 2.24) is 9.97 Å². The first-order valence-electron chi connectivity index (χ1n) is 10.9. The van der Waals surface area contributed by atoms with Crippen LogP contribution in [0, 0.1) is 5.82 Å². The van der Waals surface area contributed by atoms with Crippen LogP contribution in [0.4, 0.5) is 10.3 Å². The summed E-state index contributed by atoms with van der Waals surface area (Å²) < 4.78 is 88.5. The molecule has 0 aliphatic carbocycles. The van der Waals surface area contributed by atoms with E-state index in [9.17, 15) is 17.6 Å². The molecule has 0 aliphatic rings. The van der Waals surface area contributed by atoms with Crippen LogP contribution in [0.5, 0.6) is 0 Å². The molecule has 0 amide bonds. The largest absolute Gasteiger partial charge is 0.462 e. The minimum atomic E-state index is -5.47. The van der Waals surface area contributed by atoms with E-state index in [1.54, 1.807) is 20.8 Å². The molecule has 0 bridgehead atoms. The molecule has 0 radical (unpaired) electrons. The maximum atomic E-state index is 13.5. The Hall–Kier alpha value is -2.55. The molecule has 2 aromatic rings. The van der Waals surface area contributed by atoms with Crippen molar-refractivity contribution in [1.29, 1.82) is 0 Å². The minimum Gasteiger partial charge on any atom is -0.462 e. The van der Waals surface area contributed by atoms with E-state index < -0.39 is 46.8 Å². The molecule has 27 heavy (non-hydrogen) atoms. The number of aromatic nitrogens is 2. The van der Waals surface area contributed by atoms with Gasteiger partial charge in [-0.25, -0.2) is 31.9 Å². The Kier molecular flexibility index (Phi) is 4.02. The summed E-state index contributed by atoms with van der Waals surface area (Å²) in [4.78, 5) is 20.7. The number of carbonyl (C=O) groups is 1. The first kappa shape index (κ1) is 13.6. The van der Waals surface area contributed by atoms with Gasteiger partial charge in [-0.05, 0) is 37.1 Å². The number of carbonyl (C=O) groups excluding carboxylic acids is 1. The third-order valence-corrected chi connectivity index (χ3v) is 4.14. The Morgan fingerprint density at radius 3 is 2.48 bits per heavy atom. The number of halogens is 1. The van der Waals surface area contributed by atoms with Crippen LogP contribution >= 0.6 is 0 Å². The van der Waals surface area contributed by atoms with Crippen LogP contribution in [0.1, 0.15) is 51.0 Å². The van der Waals surface area contributed by atoms with Crippen LogP contribution in [-0.4, -0.2) is 44.1 Å². The number of ether oxygens (including phenoxy) is 1. The zero-order valence-electron chi connectivity index (χ0n) is 20.9. The Labute approximate surface area is 166 Å². The zero-order valence-corrected chi connectivity index (χ0v) is 15.7. The van der Waals surface area contributed by atoms with E-state index in [2.05, 4.69) is 9.97 Å². The van der Waals surface area contributed by atoms with Gasteiger partial charge in [-0.15, -0.1) is 0 Å². The molecule has 7 nitrogen and oxygen atoms in total. The van der Waals surface area contributed by atoms with Gasteiger partial charge in [-0.1, -0.05) is 13.8 Å². The van der Waals surface area contributed by atoms with E-state index in [-0.39, 0.29) is 33.4 Å². The quantitative estimate of drug-likeness (QED) is 0.692. The van der Waals surface area contributed by atoms with Crippen LogP contribution in [-0.2, 0) is 14.8 Å². The SMILES string of the molecule is [2H]C([2H])([2H])N(c1nc(-c2ccc(F)cc2)c(C(=O)OCC)c(C(C)C)n1)S(=O)(=O)C([2H])([2H])[2H]. The highest BCUT2D eigenvalue weighted by Crippen LogP contribution is 2.31. The van der Waals surface area contributed by atoms with Gasteiger partial charge in [-0.3, -0.25) is 0 Å². The molecule has 0 N–H and O–H groups in total. The number of sulfonamides is 1. The number of nitrogens with zero attached hydrogens (tertiary/aromatic N) is 3. The summed E-state index contributed by atoms with van der Waals surface area (Å²) in [5.74, 6) is -3.02. The molecule has 1 aromatic carbocycles. The third-order valence-electron chi connectivity index (χ3n) is 3.49. The number of hydrogen-bond donors (Lipinski definition) is 0. The molecule has 146 valence electrons. The van der Waals surface area contributed by atoms with E-state index in [1.165, 1.54) is 12.1 Å². The van der Waals surface area contributed by atoms with Crippen molar-refractivity contribution < 1.29 is 30.6 Å². The summed E-state index contributed by atoms with van der Waals surface area (Å²) in [6.07, 6.45) is -3.74. The fraction of sp³-hybridized carbons (Fsp3) is 0.389. The fourth-order valence-electron chi connectivity index (χ4n) is 2.30. The van der Waals surface area contributed by atoms with Crippen molar-refractivity contribution in [3.05, 3.63) is 41.3 Å². The molecule has 2 rings (SSSR count). The number of benzene rings is 1. The second-order valence-corrected chi connectivity index (χ2v) is 7.10. The van der Waals surface area contributed by atoms with Gasteiger partial charge in [0.2, 0.25) is 16.0 Å². The third kappa shape index (κ3) is 4.60. The van der Waals surface area contributed by atoms with Crippen molar-refractivity contribution in [3.63, 3.8) is 0 Å². The van der Waals surface area contributed by atoms with E-state index in [0.29, 0.717) is 0 Å². The molecule has 0 spiro atoms. The van der Waals surface area contributed by atoms with Gasteiger partial charge >= 0.3 is 5.97 Å². The molecule has 0 saturated heterocycles. The zero-order chi connectivity index (χ0) is 25.4. The molecule has 0 atom stereocenters. The van der Waals surface area contributed by atoms with Crippen LogP contribution in [0.2, 0.25) is 0 Å². The molecular formula is C18H22FN3O4S. The van der Waals surface area contributed by atoms with Gasteiger partial charge in [0.1, 0.15) is 11.4 Å². The average molecular weight is 401 g/mol. The van der Waals surface area contributed by atoms with Crippen molar-refractivity contribution in [2.75, 3.05) is 24.1 Å². The maximum absolute atomic E-state index is 13.5. The Morgan fingerprint density at radius 1 is 1.30 bits per heavy atom. The molecule has 0 unspecified atom stereocenters. The van der Waals surface area contributed by atoms with Gasteiger partial charge in [-0.2, -0.15) is 0 Å². The Bertz CT molecular complexity index is 1140. The van der Waals surface area contributed by atoms with E-state index >= 15 is 0 Å². The lowest BCUT2D eigenvalue weighted by molar-refractivity contribution is 0.0524. The number of esters is 1. The van der Waals surface area contributed by atoms with Crippen LogP contribution in [0.15, 0.2) is 24.3 Å². The van der Waals surface area contributed by atoms with Gasteiger partial charge in [0.05, 0.1) is 24.2 Å². The molecule has 0 saturated carbocycles. The predicted octanol–water partition coefficient (Wildman–Crippen LogP) is 2.98. The van der Waals surface area contributed by atoms with Crippen molar-refractivity contribution in [2.45, 2.75) is 26.7 Å². The summed E-state index contributed by atoms with van der Waals surface area (Å²) in [7, 11) is -5.47. The molecule has 1 heterocycles. The lowest BCUT2D eigenvalue weighted by atomic mass is 9.98. The summed E-state index contributed by atoms with van der Waals surface area (Å²) in [5, 5.41) is 0. The highest BCUT2D eigenvalue weighted by Gasteiger charge is 2.27. The van der Waals surface area contributed by atoms with Gasteiger partial charge in [0, 0.05) is 20.8 Å². The van der Waals surface area contributed by atoms with Crippen molar-refractivity contribution >= 4 is 21.9 Å². The molecule has 0 fully saturated rings. The summed E-state index contributed by atoms with van der Waals surface area (Å²) >= 11 is 0. The second kappa shape index (κ2) is 7.99. The first-order valence-corrected chi connectivity index (χ1v) is 9.36. The normalized spacial score (nSPS) is 15.7. The summed E-state index contributed by atoms with van der Waals surface area (Å²) in [5.41, 5.74) is -0.370. The maximum Gasteiger partial charge on any atom is 0.342 e. The highest BCUT2D eigenvalue weighted by atomic mass is 32.2. The van der Waals surface area contributed by atoms with Gasteiger partial charge in [0.15, 0.2) is 0 Å². The van der Waals surface area contributed by atoms with E-state index in [4.69, 9.17) is 13.0 Å². The monoisotopic (exact) mass is 401 g/mol. The Balaban J connectivity index is 3.00. The average Bonchev–Trinajstić information content (AvgIpc) is 2.65. The van der Waals surface area contributed by atoms with Gasteiger partial charge < -0.3 is 4.74 Å². The standard InChI is InChI=1S/C18H22FN3O4S/c1-6-26-17(23)14-15(11(2)3)20-18(22(4)27(5,24)25)21-16(14)12-7-9-13(19)10-8-12/h7-11H,6H2,1-5H3/i4D3,5D3. The minimum absolute atomic E-state index is 0.0181. The number of rotatable bonds is 6. The summed E-state index contributed by atoms with van der Waals surface area (Å²) in [6, 6.07) is 4.60. The van der Waals surface area contributed by atoms with Crippen molar-refractivity contribution in [3.8, 4) is 11.3 Å². The van der Waals surface area contributed by atoms with Crippen LogP contribution in [0.3, 0.4) is 0 Å². The Morgan fingerprint density at radius 2 is 1.96 bits per heavy atom. The van der Waals surface area contributed by atoms with Crippen LogP contribution in [0.25, 0.3) is 11.3 Å². The second-order valence-electron chi connectivity index (χ2n) is 5.78. The number of hydrogen-bond acceptors (Lipinski definition) is 6. The lowest BCUT2D eigenvalue weighted by Crippen LogP contribution is -2.28. The molecule has 0 aliphatic heterocycles.